The van der Waals surface area contributed by atoms with Gasteiger partial charge < -0.3 is 15.5 Å². The van der Waals surface area contributed by atoms with Crippen LogP contribution in [0.2, 0.25) is 0 Å². The minimum absolute atomic E-state index is 0.240. The quantitative estimate of drug-likeness (QED) is 0.805. The third-order valence-corrected chi connectivity index (χ3v) is 2.91. The lowest BCUT2D eigenvalue weighted by Gasteiger charge is -2.15. The number of rotatable bonds is 5. The second-order valence-electron chi connectivity index (χ2n) is 4.58. The molecule has 0 spiro atoms. The van der Waals surface area contributed by atoms with Crippen molar-refractivity contribution in [2.75, 3.05) is 11.1 Å². The van der Waals surface area contributed by atoms with E-state index >= 15 is 0 Å². The molecule has 0 aliphatic carbocycles. The van der Waals surface area contributed by atoms with E-state index in [1.807, 2.05) is 30.3 Å². The van der Waals surface area contributed by atoms with Crippen molar-refractivity contribution in [1.29, 1.82) is 5.26 Å². The summed E-state index contributed by atoms with van der Waals surface area (Å²) in [4.78, 5) is 0. The molecule has 4 nitrogen and oxygen atoms in total. The van der Waals surface area contributed by atoms with Gasteiger partial charge in [-0.1, -0.05) is 0 Å². The van der Waals surface area contributed by atoms with Crippen LogP contribution in [0.15, 0.2) is 41.0 Å². The summed E-state index contributed by atoms with van der Waals surface area (Å²) in [7, 11) is 0. The number of hydrogen-bond donors (Lipinski definition) is 2. The van der Waals surface area contributed by atoms with Gasteiger partial charge in [0.2, 0.25) is 0 Å². The average Bonchev–Trinajstić information content (AvgIpc) is 2.86. The highest BCUT2D eigenvalue weighted by Gasteiger charge is 2.07. The van der Waals surface area contributed by atoms with Crippen LogP contribution in [-0.2, 0) is 12.8 Å². The molecule has 98 valence electrons. The molecular formula is C15H17N3O. The van der Waals surface area contributed by atoms with Gasteiger partial charge in [-0.15, -0.1) is 0 Å². The van der Waals surface area contributed by atoms with Crippen molar-refractivity contribution in [3.8, 4) is 6.07 Å². The molecule has 4 heteroatoms. The van der Waals surface area contributed by atoms with Gasteiger partial charge in [-0.3, -0.25) is 0 Å². The van der Waals surface area contributed by atoms with Crippen molar-refractivity contribution in [3.63, 3.8) is 0 Å². The molecule has 2 rings (SSSR count). The Morgan fingerprint density at radius 3 is 2.95 bits per heavy atom. The molecular weight excluding hydrogens is 238 g/mol. The van der Waals surface area contributed by atoms with Crippen molar-refractivity contribution >= 4 is 11.4 Å². The molecule has 1 atom stereocenters. The van der Waals surface area contributed by atoms with Gasteiger partial charge in [0.05, 0.1) is 18.8 Å². The maximum atomic E-state index is 8.75. The smallest absolute Gasteiger partial charge is 0.105 e. The van der Waals surface area contributed by atoms with E-state index in [0.29, 0.717) is 12.1 Å². The van der Waals surface area contributed by atoms with Gasteiger partial charge in [-0.2, -0.15) is 5.26 Å². The van der Waals surface area contributed by atoms with Gasteiger partial charge in [0.15, 0.2) is 0 Å². The molecule has 1 aromatic heterocycles. The highest BCUT2D eigenvalue weighted by molar-refractivity contribution is 5.58. The number of nitrogens with one attached hydrogen (secondary N) is 1. The second kappa shape index (κ2) is 5.96. The van der Waals surface area contributed by atoms with E-state index in [9.17, 15) is 0 Å². The zero-order valence-corrected chi connectivity index (χ0v) is 10.9. The molecule has 0 saturated heterocycles. The fraction of sp³-hybridized carbons (Fsp3) is 0.267. The topological polar surface area (TPSA) is 75.0 Å². The lowest BCUT2D eigenvalue weighted by molar-refractivity contribution is 0.498. The van der Waals surface area contributed by atoms with E-state index < -0.39 is 0 Å². The van der Waals surface area contributed by atoms with Crippen LogP contribution in [0.4, 0.5) is 11.4 Å². The first kappa shape index (κ1) is 13.0. The summed E-state index contributed by atoms with van der Waals surface area (Å²) < 4.78 is 5.32. The van der Waals surface area contributed by atoms with Crippen LogP contribution in [0.25, 0.3) is 0 Å². The van der Waals surface area contributed by atoms with Gasteiger partial charge in [-0.25, -0.2) is 0 Å². The standard InChI is InChI=1S/C15H17N3O/c1-11(9-14-3-2-8-19-14)18-13-4-5-15(17)12(10-13)6-7-16/h2-5,8,10-11,18H,6,9,17H2,1H3. The molecule has 0 saturated carbocycles. The Morgan fingerprint density at radius 1 is 1.42 bits per heavy atom. The largest absolute Gasteiger partial charge is 0.469 e. The third-order valence-electron chi connectivity index (χ3n) is 2.91. The molecule has 0 bridgehead atoms. The number of furan rings is 1. The minimum Gasteiger partial charge on any atom is -0.469 e. The fourth-order valence-corrected chi connectivity index (χ4v) is 2.00. The van der Waals surface area contributed by atoms with Crippen molar-refractivity contribution in [2.45, 2.75) is 25.8 Å². The highest BCUT2D eigenvalue weighted by Crippen LogP contribution is 2.19. The third kappa shape index (κ3) is 3.52. The summed E-state index contributed by atoms with van der Waals surface area (Å²) in [5.41, 5.74) is 8.31. The van der Waals surface area contributed by atoms with Crippen LogP contribution in [0, 0.1) is 11.3 Å². The predicted octanol–water partition coefficient (Wildman–Crippen LogP) is 2.97. The molecule has 19 heavy (non-hydrogen) atoms. The fourth-order valence-electron chi connectivity index (χ4n) is 2.00. The summed E-state index contributed by atoms with van der Waals surface area (Å²) in [6.45, 7) is 2.09. The van der Waals surface area contributed by atoms with Crippen molar-refractivity contribution < 1.29 is 4.42 Å². The number of nitrogen functional groups attached to an aromatic ring is 1. The van der Waals surface area contributed by atoms with E-state index in [4.69, 9.17) is 15.4 Å². The molecule has 0 amide bonds. The summed E-state index contributed by atoms with van der Waals surface area (Å²) in [5, 5.41) is 12.1. The Labute approximate surface area is 112 Å². The van der Waals surface area contributed by atoms with Gasteiger partial charge in [0.25, 0.3) is 0 Å². The van der Waals surface area contributed by atoms with E-state index in [2.05, 4.69) is 18.3 Å². The molecule has 2 aromatic rings. The first-order chi connectivity index (χ1) is 9.19. The summed E-state index contributed by atoms with van der Waals surface area (Å²) in [5.74, 6) is 0.952. The summed E-state index contributed by atoms with van der Waals surface area (Å²) >= 11 is 0. The Morgan fingerprint density at radius 2 is 2.26 bits per heavy atom. The molecule has 0 fully saturated rings. The number of nitrogens with zero attached hydrogens (tertiary/aromatic N) is 1. The van der Waals surface area contributed by atoms with Gasteiger partial charge in [0, 0.05) is 23.8 Å². The van der Waals surface area contributed by atoms with Crippen LogP contribution >= 0.6 is 0 Å². The number of anilines is 2. The van der Waals surface area contributed by atoms with Crippen LogP contribution in [-0.4, -0.2) is 6.04 Å². The van der Waals surface area contributed by atoms with Gasteiger partial charge in [-0.05, 0) is 42.8 Å². The lowest BCUT2D eigenvalue weighted by Crippen LogP contribution is -2.17. The number of nitriles is 1. The van der Waals surface area contributed by atoms with E-state index in [1.54, 1.807) is 6.26 Å². The maximum Gasteiger partial charge on any atom is 0.105 e. The van der Waals surface area contributed by atoms with Crippen LogP contribution in [0.1, 0.15) is 18.2 Å². The SMILES string of the molecule is CC(Cc1ccco1)Nc1ccc(N)c(CC#N)c1. The summed E-state index contributed by atoms with van der Waals surface area (Å²) in [6.07, 6.45) is 2.81. The monoisotopic (exact) mass is 255 g/mol. The minimum atomic E-state index is 0.240. The van der Waals surface area contributed by atoms with Gasteiger partial charge >= 0.3 is 0 Å². The van der Waals surface area contributed by atoms with Gasteiger partial charge in [0.1, 0.15) is 5.76 Å². The zero-order chi connectivity index (χ0) is 13.7. The number of nitrogens with two attached hydrogens (primary N) is 1. The highest BCUT2D eigenvalue weighted by atomic mass is 16.3. The molecule has 0 aliphatic heterocycles. The van der Waals surface area contributed by atoms with Crippen LogP contribution < -0.4 is 11.1 Å². The molecule has 1 heterocycles. The van der Waals surface area contributed by atoms with Crippen molar-refractivity contribution in [3.05, 3.63) is 47.9 Å². The van der Waals surface area contributed by atoms with Crippen LogP contribution in [0.5, 0.6) is 0 Å². The number of hydrogen-bond acceptors (Lipinski definition) is 4. The maximum absolute atomic E-state index is 8.75. The first-order valence-corrected chi connectivity index (χ1v) is 6.23. The van der Waals surface area contributed by atoms with Crippen molar-refractivity contribution in [2.24, 2.45) is 0 Å². The molecule has 3 N–H and O–H groups in total. The zero-order valence-electron chi connectivity index (χ0n) is 10.9. The Kier molecular flexibility index (Phi) is 4.09. The Hall–Kier alpha value is -2.41. The second-order valence-corrected chi connectivity index (χ2v) is 4.58. The van der Waals surface area contributed by atoms with E-state index in [-0.39, 0.29) is 6.04 Å². The summed E-state index contributed by atoms with van der Waals surface area (Å²) in [6, 6.07) is 11.9. The average molecular weight is 255 g/mol. The Bertz CT molecular complexity index is 570. The molecule has 1 unspecified atom stereocenters. The molecule has 0 radical (unpaired) electrons. The molecule has 1 aromatic carbocycles. The molecule has 0 aliphatic rings. The van der Waals surface area contributed by atoms with E-state index in [1.165, 1.54) is 0 Å². The normalized spacial score (nSPS) is 11.8. The van der Waals surface area contributed by atoms with E-state index in [0.717, 1.165) is 23.4 Å². The van der Waals surface area contributed by atoms with Crippen molar-refractivity contribution in [1.82, 2.24) is 0 Å². The van der Waals surface area contributed by atoms with Crippen LogP contribution in [0.3, 0.4) is 0 Å². The predicted molar refractivity (Wildman–Crippen MR) is 75.7 cm³/mol. The number of benzene rings is 1. The Balaban J connectivity index is 2.02. The lowest BCUT2D eigenvalue weighted by atomic mass is 10.1. The first-order valence-electron chi connectivity index (χ1n) is 6.23.